The van der Waals surface area contributed by atoms with E-state index in [4.69, 9.17) is 89.0 Å². The third kappa shape index (κ3) is 8.22. The molecule has 0 saturated carbocycles. The highest BCUT2D eigenvalue weighted by molar-refractivity contribution is 7.86. The molecule has 0 aliphatic carbocycles. The van der Waals surface area contributed by atoms with Crippen LogP contribution in [0.25, 0.3) is 0 Å². The molecule has 2 atom stereocenters. The Balaban J connectivity index is 2.14. The minimum absolute atomic E-state index is 0.0685. The highest BCUT2D eigenvalue weighted by atomic mass is 35.5. The van der Waals surface area contributed by atoms with Gasteiger partial charge in [0, 0.05) is 6.04 Å². The van der Waals surface area contributed by atoms with E-state index in [1.54, 1.807) is 20.8 Å². The number of carbonyl (C=O) groups is 2. The van der Waals surface area contributed by atoms with Gasteiger partial charge in [-0.15, -0.1) is 0 Å². The highest BCUT2D eigenvalue weighted by Crippen LogP contribution is 2.40. The molecule has 0 spiro atoms. The first-order valence-electron chi connectivity index (χ1n) is 11.8. The maximum atomic E-state index is 13.2. The Morgan fingerprint density at radius 1 is 0.738 bits per heavy atom. The highest BCUT2D eigenvalue weighted by Gasteiger charge is 2.34. The summed E-state index contributed by atoms with van der Waals surface area (Å²) in [5.74, 6) is -2.53. The van der Waals surface area contributed by atoms with Crippen molar-refractivity contribution in [1.29, 1.82) is 0 Å². The molecule has 2 unspecified atom stereocenters. The van der Waals surface area contributed by atoms with Crippen LogP contribution in [0.3, 0.4) is 0 Å². The number of esters is 2. The summed E-state index contributed by atoms with van der Waals surface area (Å²) in [7, 11) is -4.00. The van der Waals surface area contributed by atoms with Crippen molar-refractivity contribution in [1.82, 2.24) is 0 Å². The summed E-state index contributed by atoms with van der Waals surface area (Å²) in [6.45, 7) is 5.38. The maximum absolute atomic E-state index is 13.2. The van der Waals surface area contributed by atoms with Crippen LogP contribution in [0.15, 0.2) is 42.5 Å². The third-order valence-electron chi connectivity index (χ3n) is 5.82. The zero-order valence-corrected chi connectivity index (χ0v) is 27.7. The smallest absolute Gasteiger partial charge is 0.345 e. The lowest BCUT2D eigenvalue weighted by molar-refractivity contribution is 0.0681. The number of rotatable bonds is 8. The minimum atomic E-state index is -4.00. The Labute approximate surface area is 272 Å². The van der Waals surface area contributed by atoms with Gasteiger partial charge in [-0.25, -0.2) is 9.59 Å². The van der Waals surface area contributed by atoms with Crippen molar-refractivity contribution in [3.05, 3.63) is 89.3 Å². The molecule has 0 fully saturated rings. The molecule has 0 aliphatic heterocycles. The molecule has 226 valence electrons. The van der Waals surface area contributed by atoms with Crippen molar-refractivity contribution >= 4 is 91.7 Å². The predicted octanol–water partition coefficient (Wildman–Crippen LogP) is 8.44. The summed E-state index contributed by atoms with van der Waals surface area (Å²) >= 11 is 36.5. The van der Waals surface area contributed by atoms with Crippen LogP contribution in [0.2, 0.25) is 30.1 Å². The van der Waals surface area contributed by atoms with Gasteiger partial charge in [0.2, 0.25) is 0 Å². The first-order chi connectivity index (χ1) is 19.3. The van der Waals surface area contributed by atoms with Crippen molar-refractivity contribution in [3.8, 4) is 11.5 Å². The number of halogens is 6. The largest absolute Gasteiger partial charge is 0.419 e. The molecule has 0 aliphatic rings. The van der Waals surface area contributed by atoms with E-state index in [0.717, 1.165) is 6.26 Å². The summed E-state index contributed by atoms with van der Waals surface area (Å²) in [5.41, 5.74) is 5.68. The monoisotopic (exact) mass is 715 g/mol. The van der Waals surface area contributed by atoms with E-state index in [0.29, 0.717) is 0 Å². The second kappa shape index (κ2) is 13.5. The number of hydrogen-bond donors (Lipinski definition) is 1. The van der Waals surface area contributed by atoms with Gasteiger partial charge < -0.3 is 15.2 Å². The molecular weight excluding hydrogens is 695 g/mol. The van der Waals surface area contributed by atoms with Crippen molar-refractivity contribution in [2.75, 3.05) is 6.26 Å². The maximum Gasteiger partial charge on any atom is 0.345 e. The van der Waals surface area contributed by atoms with Gasteiger partial charge in [0.05, 0.1) is 47.5 Å². The van der Waals surface area contributed by atoms with Crippen LogP contribution in [0.4, 0.5) is 0 Å². The summed E-state index contributed by atoms with van der Waals surface area (Å²) in [6.07, 6.45) is -0.347. The molecular formula is C27H23Cl6NO7S. The molecule has 3 rings (SSSR count). The molecule has 0 amide bonds. The number of carbonyl (C=O) groups excluding carboxylic acids is 2. The Kier molecular flexibility index (Phi) is 11.1. The van der Waals surface area contributed by atoms with Gasteiger partial charge in [-0.1, -0.05) is 96.4 Å². The fourth-order valence-electron chi connectivity index (χ4n) is 3.51. The van der Waals surface area contributed by atoms with Gasteiger partial charge in [-0.3, -0.25) is 4.18 Å². The SMILES string of the molecule is CC(C)(C)C(N)C(OS(C)(=O)=O)c1ccc(OC(=O)c2ccc(Cl)c(Cl)c2Cl)c(OC(=O)c2ccc(Cl)c(Cl)c2Cl)c1. The Bertz CT molecular complexity index is 1660. The summed E-state index contributed by atoms with van der Waals surface area (Å²) in [5, 5.41) is -0.279. The fraction of sp³-hybridized carbons (Fsp3) is 0.259. The minimum Gasteiger partial charge on any atom is -0.419 e. The molecule has 8 nitrogen and oxygen atoms in total. The van der Waals surface area contributed by atoms with Gasteiger partial charge in [-0.05, 0) is 47.4 Å². The van der Waals surface area contributed by atoms with E-state index in [2.05, 4.69) is 0 Å². The van der Waals surface area contributed by atoms with Crippen LogP contribution in [0, 0.1) is 5.41 Å². The molecule has 15 heteroatoms. The lowest BCUT2D eigenvalue weighted by Gasteiger charge is -2.33. The van der Waals surface area contributed by atoms with Crippen molar-refractivity contribution in [3.63, 3.8) is 0 Å². The van der Waals surface area contributed by atoms with Gasteiger partial charge in [0.15, 0.2) is 11.5 Å². The second-order valence-electron chi connectivity index (χ2n) is 10.0. The number of hydrogen-bond acceptors (Lipinski definition) is 8. The van der Waals surface area contributed by atoms with Crippen LogP contribution < -0.4 is 15.2 Å². The third-order valence-corrected chi connectivity index (χ3v) is 8.96. The van der Waals surface area contributed by atoms with Crippen LogP contribution in [-0.4, -0.2) is 32.7 Å². The van der Waals surface area contributed by atoms with Gasteiger partial charge in [0.25, 0.3) is 10.1 Å². The van der Waals surface area contributed by atoms with E-state index in [1.807, 2.05) is 0 Å². The average Bonchev–Trinajstić information content (AvgIpc) is 2.88. The summed E-state index contributed by atoms with van der Waals surface area (Å²) < 4.78 is 40.7. The number of ether oxygens (including phenoxy) is 2. The van der Waals surface area contributed by atoms with Crippen molar-refractivity contribution in [2.45, 2.75) is 32.9 Å². The van der Waals surface area contributed by atoms with Gasteiger partial charge in [0.1, 0.15) is 6.10 Å². The predicted molar refractivity (Wildman–Crippen MR) is 165 cm³/mol. The van der Waals surface area contributed by atoms with Crippen LogP contribution in [-0.2, 0) is 14.3 Å². The van der Waals surface area contributed by atoms with Crippen molar-refractivity contribution < 1.29 is 31.7 Å². The Hall–Kier alpha value is -1.79. The van der Waals surface area contributed by atoms with E-state index in [-0.39, 0.29) is 58.3 Å². The number of benzene rings is 3. The molecule has 42 heavy (non-hydrogen) atoms. The Morgan fingerprint density at radius 2 is 1.19 bits per heavy atom. The quantitative estimate of drug-likeness (QED) is 0.107. The van der Waals surface area contributed by atoms with E-state index < -0.39 is 39.6 Å². The topological polar surface area (TPSA) is 122 Å². The molecule has 3 aromatic carbocycles. The standard InChI is InChI=1S/C27H23Cl6NO7S/c1-27(2,3)24(34)23(41-42(4,37)38)12-5-10-17(39-25(35)13-6-8-15(28)21(32)19(13)30)18(11-12)40-26(36)14-7-9-16(29)22(33)20(14)31/h5-11,23-24H,34H2,1-4H3. The summed E-state index contributed by atoms with van der Waals surface area (Å²) in [4.78, 5) is 26.3. The van der Waals surface area contributed by atoms with Gasteiger partial charge in [-0.2, -0.15) is 8.42 Å². The molecule has 0 heterocycles. The van der Waals surface area contributed by atoms with Gasteiger partial charge >= 0.3 is 11.9 Å². The zero-order valence-electron chi connectivity index (χ0n) is 22.3. The van der Waals surface area contributed by atoms with Crippen molar-refractivity contribution in [2.24, 2.45) is 11.1 Å². The normalized spacial score (nSPS) is 13.4. The second-order valence-corrected chi connectivity index (χ2v) is 14.0. The lowest BCUT2D eigenvalue weighted by atomic mass is 9.82. The molecule has 2 N–H and O–H groups in total. The van der Waals surface area contributed by atoms with Crippen LogP contribution >= 0.6 is 69.6 Å². The van der Waals surface area contributed by atoms with E-state index >= 15 is 0 Å². The van der Waals surface area contributed by atoms with Crippen LogP contribution in [0.5, 0.6) is 11.5 Å². The van der Waals surface area contributed by atoms with Crippen LogP contribution in [0.1, 0.15) is 53.2 Å². The first kappa shape index (κ1) is 34.7. The molecule has 0 aromatic heterocycles. The molecule has 0 saturated heterocycles. The molecule has 3 aromatic rings. The zero-order chi connectivity index (χ0) is 31.7. The summed E-state index contributed by atoms with van der Waals surface area (Å²) in [6, 6.07) is 8.35. The fourth-order valence-corrected chi connectivity index (χ4v) is 5.34. The Morgan fingerprint density at radius 3 is 1.62 bits per heavy atom. The lowest BCUT2D eigenvalue weighted by Crippen LogP contribution is -2.42. The average molecular weight is 718 g/mol. The number of nitrogens with two attached hydrogens (primary N) is 1. The van der Waals surface area contributed by atoms with E-state index in [9.17, 15) is 18.0 Å². The van der Waals surface area contributed by atoms with E-state index in [1.165, 1.54) is 42.5 Å². The first-order valence-corrected chi connectivity index (χ1v) is 15.9. The molecule has 0 radical (unpaired) electrons. The molecule has 0 bridgehead atoms.